The number of morpholine rings is 1. The fourth-order valence-electron chi connectivity index (χ4n) is 4.38. The molecule has 2 aromatic rings. The fraction of sp³-hybridized carbons (Fsp3) is 0.636. The molecule has 1 aromatic carbocycles. The summed E-state index contributed by atoms with van der Waals surface area (Å²) in [4.78, 5) is 0.279. The van der Waals surface area contributed by atoms with E-state index in [1.807, 2.05) is 6.07 Å². The Balaban J connectivity index is 1.68. The van der Waals surface area contributed by atoms with Crippen molar-refractivity contribution in [3.05, 3.63) is 24.3 Å². The standard InChI is InChI=1S/C22H32N4O4S2/c27-13-6-16-31-22-24-23-21(26(22)19-8-3-1-2-4-9-19)18-7-5-10-20(17-18)32(28,29)25-11-14-30-15-12-25/h5,7,10,17,19,27H,1-4,6,8-9,11-16H2. The van der Waals surface area contributed by atoms with Crippen LogP contribution in [-0.2, 0) is 14.8 Å². The molecule has 1 saturated heterocycles. The number of sulfonamides is 1. The Labute approximate surface area is 194 Å². The number of hydrogen-bond acceptors (Lipinski definition) is 7. The van der Waals surface area contributed by atoms with E-state index >= 15 is 0 Å². The molecule has 2 heterocycles. The summed E-state index contributed by atoms with van der Waals surface area (Å²) < 4.78 is 35.4. The maximum absolute atomic E-state index is 13.2. The lowest BCUT2D eigenvalue weighted by atomic mass is 10.1. The second kappa shape index (κ2) is 11.1. The second-order valence-electron chi connectivity index (χ2n) is 8.29. The highest BCUT2D eigenvalue weighted by molar-refractivity contribution is 7.99. The Morgan fingerprint density at radius 3 is 2.56 bits per heavy atom. The van der Waals surface area contributed by atoms with Gasteiger partial charge in [-0.2, -0.15) is 4.31 Å². The summed E-state index contributed by atoms with van der Waals surface area (Å²) in [7, 11) is -3.58. The molecule has 1 aromatic heterocycles. The zero-order chi connectivity index (χ0) is 22.4. The highest BCUT2D eigenvalue weighted by atomic mass is 32.2. The van der Waals surface area contributed by atoms with Crippen LogP contribution in [0.25, 0.3) is 11.4 Å². The van der Waals surface area contributed by atoms with E-state index in [2.05, 4.69) is 14.8 Å². The minimum atomic E-state index is -3.58. The van der Waals surface area contributed by atoms with Gasteiger partial charge in [0, 0.05) is 37.1 Å². The first-order chi connectivity index (χ1) is 15.6. The highest BCUT2D eigenvalue weighted by Crippen LogP contribution is 2.35. The molecule has 2 aliphatic rings. The molecular weight excluding hydrogens is 448 g/mol. The molecule has 8 nitrogen and oxygen atoms in total. The van der Waals surface area contributed by atoms with Gasteiger partial charge in [0.1, 0.15) is 0 Å². The molecule has 2 fully saturated rings. The van der Waals surface area contributed by atoms with Crippen LogP contribution in [-0.4, -0.2) is 71.3 Å². The van der Waals surface area contributed by atoms with Crippen LogP contribution in [0.2, 0.25) is 0 Å². The first kappa shape index (κ1) is 23.7. The fourth-order valence-corrected chi connectivity index (χ4v) is 6.76. The van der Waals surface area contributed by atoms with Crippen LogP contribution in [0.15, 0.2) is 34.3 Å². The maximum Gasteiger partial charge on any atom is 0.243 e. The van der Waals surface area contributed by atoms with Gasteiger partial charge in [-0.15, -0.1) is 10.2 Å². The largest absolute Gasteiger partial charge is 0.396 e. The molecule has 4 rings (SSSR count). The first-order valence-corrected chi connectivity index (χ1v) is 13.9. The number of benzene rings is 1. The van der Waals surface area contributed by atoms with E-state index in [0.717, 1.165) is 35.1 Å². The Hall–Kier alpha value is -1.46. The number of aromatic nitrogens is 3. The average molecular weight is 481 g/mol. The molecule has 1 saturated carbocycles. The summed E-state index contributed by atoms with van der Waals surface area (Å²) in [6.07, 6.45) is 7.69. The highest BCUT2D eigenvalue weighted by Gasteiger charge is 2.28. The Kier molecular flexibility index (Phi) is 8.22. The number of ether oxygens (including phenoxy) is 1. The lowest BCUT2D eigenvalue weighted by Gasteiger charge is -2.26. The molecule has 1 N–H and O–H groups in total. The summed E-state index contributed by atoms with van der Waals surface area (Å²) in [5.41, 5.74) is 0.769. The molecule has 0 amide bonds. The predicted octanol–water partition coefficient (Wildman–Crippen LogP) is 3.34. The van der Waals surface area contributed by atoms with Crippen LogP contribution in [0.4, 0.5) is 0 Å². The van der Waals surface area contributed by atoms with E-state index in [1.54, 1.807) is 30.0 Å². The zero-order valence-corrected chi connectivity index (χ0v) is 20.0. The van der Waals surface area contributed by atoms with Crippen molar-refractivity contribution in [1.29, 1.82) is 0 Å². The van der Waals surface area contributed by atoms with Gasteiger partial charge < -0.3 is 9.84 Å². The number of aliphatic hydroxyl groups excluding tert-OH is 1. The molecule has 0 spiro atoms. The Bertz CT molecular complexity index is 982. The van der Waals surface area contributed by atoms with Gasteiger partial charge in [0.15, 0.2) is 11.0 Å². The summed E-state index contributed by atoms with van der Waals surface area (Å²) in [5.74, 6) is 1.50. The van der Waals surface area contributed by atoms with E-state index in [9.17, 15) is 13.5 Å². The van der Waals surface area contributed by atoms with Crippen LogP contribution in [0, 0.1) is 0 Å². The average Bonchev–Trinajstić information content (AvgIpc) is 3.05. The van der Waals surface area contributed by atoms with Crippen molar-refractivity contribution >= 4 is 21.8 Å². The molecular formula is C22H32N4O4S2. The normalized spacial score (nSPS) is 19.2. The summed E-state index contributed by atoms with van der Waals surface area (Å²) in [6, 6.07) is 7.38. The third kappa shape index (κ3) is 5.36. The van der Waals surface area contributed by atoms with Gasteiger partial charge in [-0.1, -0.05) is 49.6 Å². The number of aliphatic hydroxyl groups is 1. The van der Waals surface area contributed by atoms with Gasteiger partial charge in [-0.25, -0.2) is 8.42 Å². The SMILES string of the molecule is O=S(=O)(c1cccc(-c2nnc(SCCCO)n2C2CCCCCC2)c1)N1CCOCC1. The number of thioether (sulfide) groups is 1. The van der Waals surface area contributed by atoms with Crippen molar-refractivity contribution in [2.75, 3.05) is 38.7 Å². The van der Waals surface area contributed by atoms with Crippen molar-refractivity contribution in [3.63, 3.8) is 0 Å². The van der Waals surface area contributed by atoms with Crippen molar-refractivity contribution in [1.82, 2.24) is 19.1 Å². The van der Waals surface area contributed by atoms with Crippen molar-refractivity contribution < 1.29 is 18.3 Å². The second-order valence-corrected chi connectivity index (χ2v) is 11.3. The quantitative estimate of drug-likeness (QED) is 0.352. The topological polar surface area (TPSA) is 97.6 Å². The molecule has 1 aliphatic heterocycles. The van der Waals surface area contributed by atoms with Crippen LogP contribution in [0.3, 0.4) is 0 Å². The van der Waals surface area contributed by atoms with Gasteiger partial charge in [0.05, 0.1) is 18.1 Å². The van der Waals surface area contributed by atoms with Gasteiger partial charge in [0.25, 0.3) is 0 Å². The number of hydrogen-bond donors (Lipinski definition) is 1. The molecule has 0 bridgehead atoms. The Morgan fingerprint density at radius 1 is 1.09 bits per heavy atom. The molecule has 1 aliphatic carbocycles. The number of rotatable bonds is 8. The maximum atomic E-state index is 13.2. The molecule has 0 atom stereocenters. The van der Waals surface area contributed by atoms with Crippen molar-refractivity contribution in [2.24, 2.45) is 0 Å². The molecule has 32 heavy (non-hydrogen) atoms. The molecule has 176 valence electrons. The predicted molar refractivity (Wildman–Crippen MR) is 124 cm³/mol. The smallest absolute Gasteiger partial charge is 0.243 e. The molecule has 10 heteroatoms. The lowest BCUT2D eigenvalue weighted by molar-refractivity contribution is 0.0730. The van der Waals surface area contributed by atoms with E-state index in [-0.39, 0.29) is 11.5 Å². The van der Waals surface area contributed by atoms with Crippen LogP contribution < -0.4 is 0 Å². The monoisotopic (exact) mass is 480 g/mol. The van der Waals surface area contributed by atoms with Gasteiger partial charge >= 0.3 is 0 Å². The summed E-state index contributed by atoms with van der Waals surface area (Å²) >= 11 is 1.61. The third-order valence-corrected chi connectivity index (χ3v) is 9.01. The van der Waals surface area contributed by atoms with Gasteiger partial charge in [-0.3, -0.25) is 4.57 Å². The van der Waals surface area contributed by atoms with Crippen LogP contribution >= 0.6 is 11.8 Å². The third-order valence-electron chi connectivity index (χ3n) is 6.09. The lowest BCUT2D eigenvalue weighted by Crippen LogP contribution is -2.40. The van der Waals surface area contributed by atoms with Gasteiger partial charge in [-0.05, 0) is 31.4 Å². The molecule has 0 unspecified atom stereocenters. The number of nitrogens with zero attached hydrogens (tertiary/aromatic N) is 4. The van der Waals surface area contributed by atoms with E-state index in [0.29, 0.717) is 38.8 Å². The Morgan fingerprint density at radius 2 is 1.84 bits per heavy atom. The summed E-state index contributed by atoms with van der Waals surface area (Å²) in [5, 5.41) is 19.0. The van der Waals surface area contributed by atoms with Crippen molar-refractivity contribution in [2.45, 2.75) is 61.0 Å². The zero-order valence-electron chi connectivity index (χ0n) is 18.4. The van der Waals surface area contributed by atoms with Crippen LogP contribution in [0.5, 0.6) is 0 Å². The van der Waals surface area contributed by atoms with E-state index in [1.165, 1.54) is 30.0 Å². The minimum Gasteiger partial charge on any atom is -0.396 e. The summed E-state index contributed by atoms with van der Waals surface area (Å²) in [6.45, 7) is 1.73. The molecule has 0 radical (unpaired) electrons. The van der Waals surface area contributed by atoms with Crippen molar-refractivity contribution in [3.8, 4) is 11.4 Å². The minimum absolute atomic E-state index is 0.152. The van der Waals surface area contributed by atoms with Crippen LogP contribution in [0.1, 0.15) is 51.0 Å². The van der Waals surface area contributed by atoms with E-state index in [4.69, 9.17) is 4.74 Å². The first-order valence-electron chi connectivity index (χ1n) is 11.5. The van der Waals surface area contributed by atoms with E-state index < -0.39 is 10.0 Å². The van der Waals surface area contributed by atoms with Gasteiger partial charge in [0.2, 0.25) is 10.0 Å².